The summed E-state index contributed by atoms with van der Waals surface area (Å²) in [5.41, 5.74) is 3.37. The largest absolute Gasteiger partial charge is 0.497 e. The van der Waals surface area contributed by atoms with Gasteiger partial charge in [0.1, 0.15) is 5.75 Å². The van der Waals surface area contributed by atoms with Gasteiger partial charge in [0.15, 0.2) is 0 Å². The molecule has 0 unspecified atom stereocenters. The van der Waals surface area contributed by atoms with E-state index in [1.165, 1.54) is 0 Å². The van der Waals surface area contributed by atoms with E-state index in [1.54, 1.807) is 13.2 Å². The number of methoxy groups -OCH3 is 1. The van der Waals surface area contributed by atoms with Crippen LogP contribution in [0, 0.1) is 0 Å². The van der Waals surface area contributed by atoms with E-state index in [0.29, 0.717) is 18.5 Å². The number of carbonyl (C=O) groups is 1. The highest BCUT2D eigenvalue weighted by atomic mass is 16.5. The molecule has 140 valence electrons. The SMILES string of the molecule is COc1ccc(CCC(=O)Nc2ccc3c(C(C)C)cc(=O)[nH]c3c2)cc1. The molecule has 0 aliphatic rings. The molecule has 1 heterocycles. The lowest BCUT2D eigenvalue weighted by atomic mass is 9.99. The second-order valence-electron chi connectivity index (χ2n) is 6.90. The van der Waals surface area contributed by atoms with Gasteiger partial charge < -0.3 is 15.0 Å². The van der Waals surface area contributed by atoms with Crippen molar-refractivity contribution < 1.29 is 9.53 Å². The van der Waals surface area contributed by atoms with E-state index in [4.69, 9.17) is 4.74 Å². The van der Waals surface area contributed by atoms with Gasteiger partial charge >= 0.3 is 0 Å². The second-order valence-corrected chi connectivity index (χ2v) is 6.90. The maximum Gasteiger partial charge on any atom is 0.248 e. The predicted octanol–water partition coefficient (Wildman–Crippen LogP) is 4.23. The molecule has 0 saturated heterocycles. The van der Waals surface area contributed by atoms with E-state index in [2.05, 4.69) is 24.1 Å². The maximum atomic E-state index is 12.3. The van der Waals surface area contributed by atoms with Crippen LogP contribution in [0.25, 0.3) is 10.9 Å². The quantitative estimate of drug-likeness (QED) is 0.687. The Labute approximate surface area is 158 Å². The number of nitrogens with one attached hydrogen (secondary N) is 2. The number of hydrogen-bond donors (Lipinski definition) is 2. The molecular weight excluding hydrogens is 340 g/mol. The molecule has 0 aliphatic carbocycles. The third-order valence-electron chi connectivity index (χ3n) is 4.58. The molecule has 27 heavy (non-hydrogen) atoms. The summed E-state index contributed by atoms with van der Waals surface area (Å²) in [6, 6.07) is 15.0. The van der Waals surface area contributed by atoms with Gasteiger partial charge in [-0.3, -0.25) is 9.59 Å². The number of hydrogen-bond acceptors (Lipinski definition) is 3. The number of carbonyl (C=O) groups excluding carboxylic acids is 1. The van der Waals surface area contributed by atoms with Gasteiger partial charge in [0.25, 0.3) is 0 Å². The summed E-state index contributed by atoms with van der Waals surface area (Å²) >= 11 is 0. The van der Waals surface area contributed by atoms with Crippen LogP contribution in [-0.2, 0) is 11.2 Å². The molecule has 0 atom stereocenters. The first-order chi connectivity index (χ1) is 13.0. The van der Waals surface area contributed by atoms with Crippen LogP contribution in [0.3, 0.4) is 0 Å². The Bertz CT molecular complexity index is 1000. The van der Waals surface area contributed by atoms with Crippen molar-refractivity contribution in [3.8, 4) is 5.75 Å². The number of ether oxygens (including phenoxy) is 1. The molecule has 1 aromatic heterocycles. The van der Waals surface area contributed by atoms with Crippen molar-refractivity contribution in [2.45, 2.75) is 32.6 Å². The fourth-order valence-electron chi connectivity index (χ4n) is 3.12. The molecule has 0 spiro atoms. The molecule has 2 aromatic carbocycles. The highest BCUT2D eigenvalue weighted by Gasteiger charge is 2.09. The van der Waals surface area contributed by atoms with Crippen LogP contribution < -0.4 is 15.6 Å². The molecule has 5 nitrogen and oxygen atoms in total. The summed E-state index contributed by atoms with van der Waals surface area (Å²) < 4.78 is 5.14. The van der Waals surface area contributed by atoms with Gasteiger partial charge in [0.2, 0.25) is 11.5 Å². The molecule has 3 aromatic rings. The zero-order valence-corrected chi connectivity index (χ0v) is 15.8. The first-order valence-electron chi connectivity index (χ1n) is 9.06. The zero-order chi connectivity index (χ0) is 19.4. The fourth-order valence-corrected chi connectivity index (χ4v) is 3.12. The smallest absolute Gasteiger partial charge is 0.248 e. The molecule has 0 aliphatic heterocycles. The number of H-pyrrole nitrogens is 1. The number of fused-ring (bicyclic) bond motifs is 1. The van der Waals surface area contributed by atoms with Crippen LogP contribution >= 0.6 is 0 Å². The fraction of sp³-hybridized carbons (Fsp3) is 0.273. The Balaban J connectivity index is 1.70. The van der Waals surface area contributed by atoms with E-state index < -0.39 is 0 Å². The van der Waals surface area contributed by atoms with Crippen molar-refractivity contribution in [1.29, 1.82) is 0 Å². The lowest BCUT2D eigenvalue weighted by Crippen LogP contribution is -2.13. The number of anilines is 1. The lowest BCUT2D eigenvalue weighted by Gasteiger charge is -2.11. The number of rotatable bonds is 6. The van der Waals surface area contributed by atoms with Crippen molar-refractivity contribution in [1.82, 2.24) is 4.98 Å². The number of aromatic nitrogens is 1. The highest BCUT2D eigenvalue weighted by molar-refractivity contribution is 5.94. The average molecular weight is 364 g/mol. The third-order valence-corrected chi connectivity index (χ3v) is 4.58. The third kappa shape index (κ3) is 4.56. The monoisotopic (exact) mass is 364 g/mol. The van der Waals surface area contributed by atoms with E-state index in [1.807, 2.05) is 42.5 Å². The first-order valence-corrected chi connectivity index (χ1v) is 9.06. The van der Waals surface area contributed by atoms with Crippen molar-refractivity contribution in [3.63, 3.8) is 0 Å². The highest BCUT2D eigenvalue weighted by Crippen LogP contribution is 2.25. The van der Waals surface area contributed by atoms with Crippen LogP contribution in [0.15, 0.2) is 53.3 Å². The standard InChI is InChI=1S/C22H24N2O3/c1-14(2)19-13-22(26)24-20-12-16(7-10-18(19)20)23-21(25)11-6-15-4-8-17(27-3)9-5-15/h4-5,7-10,12-14H,6,11H2,1-3H3,(H,23,25)(H,24,26). The zero-order valence-electron chi connectivity index (χ0n) is 15.8. The van der Waals surface area contributed by atoms with Crippen molar-refractivity contribution in [3.05, 3.63) is 70.0 Å². The number of benzene rings is 2. The Morgan fingerprint density at radius 2 is 1.85 bits per heavy atom. The Kier molecular flexibility index (Phi) is 5.60. The average Bonchev–Trinajstić information content (AvgIpc) is 2.65. The topological polar surface area (TPSA) is 71.2 Å². The first kappa shape index (κ1) is 18.7. The van der Waals surface area contributed by atoms with Gasteiger partial charge in [-0.2, -0.15) is 0 Å². The van der Waals surface area contributed by atoms with Gasteiger partial charge in [-0.1, -0.05) is 32.0 Å². The molecule has 0 bridgehead atoms. The van der Waals surface area contributed by atoms with Gasteiger partial charge in [0.05, 0.1) is 12.6 Å². The minimum atomic E-state index is -0.130. The molecule has 5 heteroatoms. The van der Waals surface area contributed by atoms with Gasteiger partial charge in [-0.25, -0.2) is 0 Å². The summed E-state index contributed by atoms with van der Waals surface area (Å²) in [7, 11) is 1.63. The number of pyridine rings is 1. The van der Waals surface area contributed by atoms with E-state index in [9.17, 15) is 9.59 Å². The lowest BCUT2D eigenvalue weighted by molar-refractivity contribution is -0.116. The van der Waals surface area contributed by atoms with Crippen LogP contribution in [0.1, 0.15) is 37.3 Å². The molecule has 0 saturated carbocycles. The maximum absolute atomic E-state index is 12.3. The van der Waals surface area contributed by atoms with Gasteiger partial charge in [-0.15, -0.1) is 0 Å². The minimum absolute atomic E-state index is 0.0625. The van der Waals surface area contributed by atoms with E-state index in [0.717, 1.165) is 27.8 Å². The van der Waals surface area contributed by atoms with E-state index in [-0.39, 0.29) is 17.4 Å². The molecule has 1 amide bonds. The van der Waals surface area contributed by atoms with Crippen molar-refractivity contribution in [2.24, 2.45) is 0 Å². The van der Waals surface area contributed by atoms with Crippen LogP contribution in [0.4, 0.5) is 5.69 Å². The number of aromatic amines is 1. The summed E-state index contributed by atoms with van der Waals surface area (Å²) in [4.78, 5) is 27.0. The second kappa shape index (κ2) is 8.08. The Morgan fingerprint density at radius 3 is 2.52 bits per heavy atom. The molecule has 3 rings (SSSR count). The molecule has 2 N–H and O–H groups in total. The Hall–Kier alpha value is -3.08. The van der Waals surface area contributed by atoms with Gasteiger partial charge in [-0.05, 0) is 47.7 Å². The number of amides is 1. The number of aryl methyl sites for hydroxylation is 1. The summed E-state index contributed by atoms with van der Waals surface area (Å²) in [5, 5.41) is 3.91. The van der Waals surface area contributed by atoms with Crippen LogP contribution in [0.5, 0.6) is 5.75 Å². The van der Waals surface area contributed by atoms with Crippen LogP contribution in [0.2, 0.25) is 0 Å². The summed E-state index contributed by atoms with van der Waals surface area (Å²) in [6.07, 6.45) is 1.03. The van der Waals surface area contributed by atoms with Gasteiger partial charge in [0, 0.05) is 23.6 Å². The normalized spacial score (nSPS) is 11.0. The summed E-state index contributed by atoms with van der Waals surface area (Å²) in [6.45, 7) is 4.12. The van der Waals surface area contributed by atoms with E-state index >= 15 is 0 Å². The van der Waals surface area contributed by atoms with Crippen molar-refractivity contribution in [2.75, 3.05) is 12.4 Å². The molecule has 0 fully saturated rings. The molecular formula is C22H24N2O3. The van der Waals surface area contributed by atoms with Crippen molar-refractivity contribution >= 4 is 22.5 Å². The molecule has 0 radical (unpaired) electrons. The van der Waals surface area contributed by atoms with Crippen LogP contribution in [-0.4, -0.2) is 18.0 Å². The minimum Gasteiger partial charge on any atom is -0.497 e. The predicted molar refractivity (Wildman–Crippen MR) is 109 cm³/mol. The Morgan fingerprint density at radius 1 is 1.11 bits per heavy atom. The summed E-state index contributed by atoms with van der Waals surface area (Å²) in [5.74, 6) is 0.987.